The number of rotatable bonds is 4. The molecule has 0 aliphatic heterocycles. The molecule has 108 valence electrons. The molecule has 0 unspecified atom stereocenters. The van der Waals surface area contributed by atoms with Gasteiger partial charge < -0.3 is 4.42 Å². The minimum Gasteiger partial charge on any atom is -0.444 e. The Hall–Kier alpha value is -1.66. The van der Waals surface area contributed by atoms with Crippen LogP contribution in [-0.4, -0.2) is 13.4 Å². The van der Waals surface area contributed by atoms with Crippen LogP contribution in [0.15, 0.2) is 27.5 Å². The molecular formula is C14H18N2O3S. The van der Waals surface area contributed by atoms with Crippen molar-refractivity contribution in [3.05, 3.63) is 46.7 Å². The molecule has 0 aliphatic rings. The minimum atomic E-state index is -3.54. The van der Waals surface area contributed by atoms with E-state index in [0.29, 0.717) is 17.3 Å². The summed E-state index contributed by atoms with van der Waals surface area (Å²) in [4.78, 5) is 4.37. The number of aromatic nitrogens is 1. The van der Waals surface area contributed by atoms with Gasteiger partial charge in [-0.2, -0.15) is 0 Å². The molecule has 20 heavy (non-hydrogen) atoms. The maximum absolute atomic E-state index is 12.2. The molecule has 0 saturated heterocycles. The predicted molar refractivity (Wildman–Crippen MR) is 75.9 cm³/mol. The molecule has 2 rings (SSSR count). The average molecular weight is 294 g/mol. The first kappa shape index (κ1) is 14.7. The number of hydrogen-bond acceptors (Lipinski definition) is 4. The highest BCUT2D eigenvalue weighted by Crippen LogP contribution is 2.16. The smallest absolute Gasteiger partial charge is 0.240 e. The highest BCUT2D eigenvalue weighted by molar-refractivity contribution is 7.89. The summed E-state index contributed by atoms with van der Waals surface area (Å²) < 4.78 is 32.3. The van der Waals surface area contributed by atoms with Crippen molar-refractivity contribution in [1.82, 2.24) is 9.71 Å². The number of nitrogens with zero attached hydrogens (tertiary/aromatic N) is 1. The molecule has 0 saturated carbocycles. The first-order valence-electron chi connectivity index (χ1n) is 6.29. The highest BCUT2D eigenvalue weighted by Gasteiger charge is 2.16. The normalized spacial score (nSPS) is 11.8. The summed E-state index contributed by atoms with van der Waals surface area (Å²) in [7, 11) is -3.54. The van der Waals surface area contributed by atoms with Crippen LogP contribution in [0.5, 0.6) is 0 Å². The van der Waals surface area contributed by atoms with E-state index in [9.17, 15) is 8.42 Å². The van der Waals surface area contributed by atoms with E-state index in [1.54, 1.807) is 32.0 Å². The summed E-state index contributed by atoms with van der Waals surface area (Å²) in [5.41, 5.74) is 2.70. The van der Waals surface area contributed by atoms with Gasteiger partial charge in [0, 0.05) is 6.92 Å². The fourth-order valence-electron chi connectivity index (χ4n) is 1.86. The lowest BCUT2D eigenvalue weighted by Gasteiger charge is -2.07. The summed E-state index contributed by atoms with van der Waals surface area (Å²) in [5, 5.41) is 0. The van der Waals surface area contributed by atoms with Crippen molar-refractivity contribution in [2.24, 2.45) is 0 Å². The molecule has 0 radical (unpaired) electrons. The van der Waals surface area contributed by atoms with Gasteiger partial charge in [0.15, 0.2) is 5.89 Å². The number of aryl methyl sites for hydroxylation is 4. The second-order valence-electron chi connectivity index (χ2n) is 4.81. The van der Waals surface area contributed by atoms with E-state index in [1.165, 1.54) is 0 Å². The summed E-state index contributed by atoms with van der Waals surface area (Å²) >= 11 is 0. The van der Waals surface area contributed by atoms with Gasteiger partial charge in [0.05, 0.1) is 17.1 Å². The average Bonchev–Trinajstić information content (AvgIpc) is 2.69. The highest BCUT2D eigenvalue weighted by atomic mass is 32.2. The van der Waals surface area contributed by atoms with Crippen LogP contribution in [0.25, 0.3) is 0 Å². The van der Waals surface area contributed by atoms with Crippen molar-refractivity contribution in [3.63, 3.8) is 0 Å². The van der Waals surface area contributed by atoms with Crippen molar-refractivity contribution in [2.45, 2.75) is 39.1 Å². The topological polar surface area (TPSA) is 72.2 Å². The number of nitrogens with one attached hydrogen (secondary N) is 1. The Morgan fingerprint density at radius 1 is 1.15 bits per heavy atom. The van der Waals surface area contributed by atoms with Crippen LogP contribution in [0.4, 0.5) is 0 Å². The van der Waals surface area contributed by atoms with Crippen molar-refractivity contribution < 1.29 is 12.8 Å². The lowest BCUT2D eigenvalue weighted by molar-refractivity contribution is 0.466. The summed E-state index contributed by atoms with van der Waals surface area (Å²) in [5.74, 6) is 1.07. The lowest BCUT2D eigenvalue weighted by atomic mass is 10.1. The predicted octanol–water partition coefficient (Wildman–Crippen LogP) is 2.39. The van der Waals surface area contributed by atoms with Crippen molar-refractivity contribution in [3.8, 4) is 0 Å². The Morgan fingerprint density at radius 2 is 1.85 bits per heavy atom. The van der Waals surface area contributed by atoms with Gasteiger partial charge in [-0.05, 0) is 44.0 Å². The molecule has 1 aromatic heterocycles. The third-order valence-corrected chi connectivity index (χ3v) is 4.61. The van der Waals surface area contributed by atoms with E-state index in [1.807, 2.05) is 13.8 Å². The van der Waals surface area contributed by atoms with E-state index in [4.69, 9.17) is 4.42 Å². The molecule has 0 aliphatic carbocycles. The van der Waals surface area contributed by atoms with Gasteiger partial charge in [0.1, 0.15) is 5.76 Å². The molecule has 6 heteroatoms. The van der Waals surface area contributed by atoms with Crippen LogP contribution in [0.3, 0.4) is 0 Å². The van der Waals surface area contributed by atoms with Gasteiger partial charge in [-0.1, -0.05) is 6.07 Å². The van der Waals surface area contributed by atoms with Crippen molar-refractivity contribution in [1.29, 1.82) is 0 Å². The first-order valence-corrected chi connectivity index (χ1v) is 7.78. The third kappa shape index (κ3) is 3.08. The maximum atomic E-state index is 12.2. The van der Waals surface area contributed by atoms with Crippen LogP contribution >= 0.6 is 0 Å². The molecule has 0 spiro atoms. The van der Waals surface area contributed by atoms with Gasteiger partial charge in [-0.25, -0.2) is 18.1 Å². The monoisotopic (exact) mass is 294 g/mol. The molecule has 0 bridgehead atoms. The molecule has 0 atom stereocenters. The zero-order valence-corrected chi connectivity index (χ0v) is 12.8. The quantitative estimate of drug-likeness (QED) is 0.939. The molecule has 0 amide bonds. The molecular weight excluding hydrogens is 276 g/mol. The van der Waals surface area contributed by atoms with Crippen LogP contribution in [0.1, 0.15) is 28.5 Å². The van der Waals surface area contributed by atoms with Crippen molar-refractivity contribution >= 4 is 10.0 Å². The molecule has 2 aromatic rings. The number of benzene rings is 1. The second kappa shape index (κ2) is 5.38. The van der Waals surface area contributed by atoms with Crippen LogP contribution in [0.2, 0.25) is 0 Å². The molecule has 1 heterocycles. The summed E-state index contributed by atoms with van der Waals surface area (Å²) in [6.45, 7) is 7.45. The Bertz CT molecular complexity index is 733. The van der Waals surface area contributed by atoms with E-state index in [0.717, 1.165) is 11.1 Å². The fraction of sp³-hybridized carbons (Fsp3) is 0.357. The van der Waals surface area contributed by atoms with E-state index >= 15 is 0 Å². The van der Waals surface area contributed by atoms with Crippen molar-refractivity contribution in [2.75, 3.05) is 0 Å². The van der Waals surface area contributed by atoms with Gasteiger partial charge in [-0.15, -0.1) is 0 Å². The van der Waals surface area contributed by atoms with Gasteiger partial charge in [0.2, 0.25) is 10.0 Å². The lowest BCUT2D eigenvalue weighted by Crippen LogP contribution is -2.23. The maximum Gasteiger partial charge on any atom is 0.240 e. The fourth-order valence-corrected chi connectivity index (χ4v) is 2.93. The van der Waals surface area contributed by atoms with E-state index < -0.39 is 10.0 Å². The molecule has 5 nitrogen and oxygen atoms in total. The van der Waals surface area contributed by atoms with Gasteiger partial charge in [0.25, 0.3) is 0 Å². The van der Waals surface area contributed by atoms with Gasteiger partial charge in [-0.3, -0.25) is 0 Å². The van der Waals surface area contributed by atoms with Crippen LogP contribution < -0.4 is 4.72 Å². The van der Waals surface area contributed by atoms with Gasteiger partial charge >= 0.3 is 0 Å². The molecule has 1 N–H and O–H groups in total. The minimum absolute atomic E-state index is 0.0991. The zero-order valence-electron chi connectivity index (χ0n) is 12.0. The largest absolute Gasteiger partial charge is 0.444 e. The molecule has 0 fully saturated rings. The van der Waals surface area contributed by atoms with Crippen LogP contribution in [-0.2, 0) is 16.6 Å². The first-order chi connectivity index (χ1) is 9.29. The van der Waals surface area contributed by atoms with E-state index in [-0.39, 0.29) is 11.4 Å². The Kier molecular flexibility index (Phi) is 3.96. The zero-order chi connectivity index (χ0) is 14.9. The SMILES string of the molecule is Cc1nc(C)c(CNS(=O)(=O)c2ccc(C)c(C)c2)o1. The van der Waals surface area contributed by atoms with Crippen LogP contribution in [0, 0.1) is 27.7 Å². The standard InChI is InChI=1S/C14H18N2O3S/c1-9-5-6-13(7-10(9)2)20(17,18)15-8-14-11(3)16-12(4)19-14/h5-7,15H,8H2,1-4H3. The number of hydrogen-bond donors (Lipinski definition) is 1. The molecule has 1 aromatic carbocycles. The summed E-state index contributed by atoms with van der Waals surface area (Å²) in [6, 6.07) is 5.06. The Balaban J connectivity index is 2.19. The Morgan fingerprint density at radius 3 is 2.40 bits per heavy atom. The summed E-state index contributed by atoms with van der Waals surface area (Å²) in [6.07, 6.45) is 0. The van der Waals surface area contributed by atoms with E-state index in [2.05, 4.69) is 9.71 Å². The third-order valence-electron chi connectivity index (χ3n) is 3.21. The Labute approximate surface area is 119 Å². The number of sulfonamides is 1. The number of oxazole rings is 1. The second-order valence-corrected chi connectivity index (χ2v) is 6.58.